The van der Waals surface area contributed by atoms with Gasteiger partial charge in [0.25, 0.3) is 0 Å². The molecule has 1 aromatic carbocycles. The minimum atomic E-state index is -0.302. The van der Waals surface area contributed by atoms with Crippen LogP contribution in [0.1, 0.15) is 12.5 Å². The van der Waals surface area contributed by atoms with Crippen molar-refractivity contribution in [3.63, 3.8) is 0 Å². The first-order valence-corrected chi connectivity index (χ1v) is 6.06. The van der Waals surface area contributed by atoms with Crippen molar-refractivity contribution in [3.05, 3.63) is 35.9 Å². The van der Waals surface area contributed by atoms with E-state index in [4.69, 9.17) is 11.6 Å². The fourth-order valence-corrected chi connectivity index (χ4v) is 1.49. The molecular formula is C13H13ClN4O. The van der Waals surface area contributed by atoms with Gasteiger partial charge in [0, 0.05) is 13.0 Å². The van der Waals surface area contributed by atoms with Crippen LogP contribution in [0, 0.1) is 6.92 Å². The van der Waals surface area contributed by atoms with Crippen molar-refractivity contribution in [2.45, 2.75) is 13.8 Å². The number of nitrogens with one attached hydrogen (secondary N) is 2. The maximum atomic E-state index is 10.9. The highest BCUT2D eigenvalue weighted by Gasteiger charge is 2.04. The molecule has 0 fully saturated rings. The maximum absolute atomic E-state index is 10.9. The van der Waals surface area contributed by atoms with E-state index in [1.54, 1.807) is 6.07 Å². The zero-order valence-electron chi connectivity index (χ0n) is 10.6. The predicted molar refractivity (Wildman–Crippen MR) is 76.4 cm³/mol. The van der Waals surface area contributed by atoms with Gasteiger partial charge in [-0.3, -0.25) is 15.3 Å². The van der Waals surface area contributed by atoms with Gasteiger partial charge in [-0.15, -0.1) is 0 Å². The highest BCUT2D eigenvalue weighted by atomic mass is 35.5. The summed E-state index contributed by atoms with van der Waals surface area (Å²) in [7, 11) is 0. The van der Waals surface area contributed by atoms with E-state index >= 15 is 0 Å². The van der Waals surface area contributed by atoms with Crippen LogP contribution in [0.4, 0.5) is 5.82 Å². The zero-order chi connectivity index (χ0) is 13.8. The number of aromatic amines is 1. The summed E-state index contributed by atoms with van der Waals surface area (Å²) >= 11 is 5.61. The van der Waals surface area contributed by atoms with E-state index in [1.807, 2.05) is 31.2 Å². The third-order valence-electron chi connectivity index (χ3n) is 2.50. The Balaban J connectivity index is 2.13. The van der Waals surface area contributed by atoms with Crippen LogP contribution in [0.15, 0.2) is 35.4 Å². The number of carbonyl (C=O) groups excluding carboxylic acids is 1. The normalized spacial score (nSPS) is 11.4. The van der Waals surface area contributed by atoms with Crippen LogP contribution in [0.3, 0.4) is 0 Å². The number of halogens is 1. The first-order valence-electron chi connectivity index (χ1n) is 5.69. The summed E-state index contributed by atoms with van der Waals surface area (Å²) < 4.78 is 0. The lowest BCUT2D eigenvalue weighted by molar-refractivity contribution is -0.110. The number of Topliss-reactive ketones (excluding diaryl/α,β-unsaturated/α-hetero) is 1. The third kappa shape index (κ3) is 3.42. The molecule has 0 saturated heterocycles. The first kappa shape index (κ1) is 13.3. The number of nitrogens with zero attached hydrogens (tertiary/aromatic N) is 2. The number of H-pyrrole nitrogens is 1. The van der Waals surface area contributed by atoms with Crippen LogP contribution in [0.25, 0.3) is 11.3 Å². The summed E-state index contributed by atoms with van der Waals surface area (Å²) in [5.74, 6) is 0.193. The molecule has 0 aliphatic carbocycles. The van der Waals surface area contributed by atoms with E-state index in [0.29, 0.717) is 5.82 Å². The van der Waals surface area contributed by atoms with E-state index in [2.05, 4.69) is 20.7 Å². The van der Waals surface area contributed by atoms with Gasteiger partial charge in [-0.25, -0.2) is 0 Å². The molecule has 0 atom stereocenters. The number of aryl methyl sites for hydroxylation is 1. The Hall–Kier alpha value is -2.14. The average molecular weight is 277 g/mol. The molecule has 1 heterocycles. The SMILES string of the molecule is CC(=O)/C(Cl)=N/Nc1cc(-c2ccc(C)cc2)[nH]n1. The summed E-state index contributed by atoms with van der Waals surface area (Å²) in [4.78, 5) is 10.9. The largest absolute Gasteiger partial charge is 0.292 e. The van der Waals surface area contributed by atoms with Gasteiger partial charge in [0.2, 0.25) is 0 Å². The molecule has 2 aromatic rings. The van der Waals surface area contributed by atoms with Crippen molar-refractivity contribution < 1.29 is 4.79 Å². The zero-order valence-corrected chi connectivity index (χ0v) is 11.3. The Bertz CT molecular complexity index is 616. The molecule has 98 valence electrons. The average Bonchev–Trinajstić information content (AvgIpc) is 2.85. The van der Waals surface area contributed by atoms with Crippen LogP contribution in [0.5, 0.6) is 0 Å². The monoisotopic (exact) mass is 276 g/mol. The molecule has 1 aromatic heterocycles. The Morgan fingerprint density at radius 2 is 2.05 bits per heavy atom. The van der Waals surface area contributed by atoms with Crippen molar-refractivity contribution >= 4 is 28.4 Å². The molecule has 0 saturated carbocycles. The molecule has 0 radical (unpaired) electrons. The molecule has 2 rings (SSSR count). The van der Waals surface area contributed by atoms with E-state index in [-0.39, 0.29) is 11.0 Å². The number of hydrogen-bond donors (Lipinski definition) is 2. The van der Waals surface area contributed by atoms with Gasteiger partial charge in [0.1, 0.15) is 0 Å². The smallest absolute Gasteiger partial charge is 0.192 e. The number of carbonyl (C=O) groups is 1. The molecular weight excluding hydrogens is 264 g/mol. The lowest BCUT2D eigenvalue weighted by Gasteiger charge is -1.97. The minimum absolute atomic E-state index is 0.111. The second-order valence-corrected chi connectivity index (χ2v) is 4.46. The fourth-order valence-electron chi connectivity index (χ4n) is 1.45. The predicted octanol–water partition coefficient (Wildman–Crippen LogP) is 2.94. The molecule has 0 aliphatic heterocycles. The van der Waals surface area contributed by atoms with Crippen molar-refractivity contribution in [1.82, 2.24) is 10.2 Å². The summed E-state index contributed by atoms with van der Waals surface area (Å²) in [6, 6.07) is 9.83. The fraction of sp³-hybridized carbons (Fsp3) is 0.154. The topological polar surface area (TPSA) is 70.1 Å². The minimum Gasteiger partial charge on any atom is -0.292 e. The quantitative estimate of drug-likeness (QED) is 0.666. The van der Waals surface area contributed by atoms with Crippen LogP contribution < -0.4 is 5.43 Å². The molecule has 19 heavy (non-hydrogen) atoms. The van der Waals surface area contributed by atoms with Gasteiger partial charge in [-0.2, -0.15) is 10.2 Å². The van der Waals surface area contributed by atoms with Crippen molar-refractivity contribution in [2.75, 3.05) is 5.43 Å². The summed E-state index contributed by atoms with van der Waals surface area (Å²) in [5.41, 5.74) is 5.69. The third-order valence-corrected chi connectivity index (χ3v) is 2.85. The lowest BCUT2D eigenvalue weighted by atomic mass is 10.1. The first-order chi connectivity index (χ1) is 9.06. The van der Waals surface area contributed by atoms with Gasteiger partial charge < -0.3 is 0 Å². The van der Waals surface area contributed by atoms with Crippen molar-refractivity contribution in [1.29, 1.82) is 0 Å². The van der Waals surface area contributed by atoms with Crippen LogP contribution >= 0.6 is 11.6 Å². The Labute approximate surface area is 115 Å². The molecule has 0 bridgehead atoms. The molecule has 6 heteroatoms. The second kappa shape index (κ2) is 5.67. The van der Waals surface area contributed by atoms with Crippen LogP contribution in [-0.4, -0.2) is 21.2 Å². The van der Waals surface area contributed by atoms with E-state index in [9.17, 15) is 4.79 Å². The number of benzene rings is 1. The highest BCUT2D eigenvalue weighted by Crippen LogP contribution is 2.20. The van der Waals surface area contributed by atoms with Crippen molar-refractivity contribution in [3.8, 4) is 11.3 Å². The van der Waals surface area contributed by atoms with E-state index < -0.39 is 0 Å². The van der Waals surface area contributed by atoms with Gasteiger partial charge in [0.15, 0.2) is 16.8 Å². The van der Waals surface area contributed by atoms with Crippen LogP contribution in [0.2, 0.25) is 0 Å². The molecule has 5 nitrogen and oxygen atoms in total. The summed E-state index contributed by atoms with van der Waals surface area (Å²) in [6.45, 7) is 3.37. The van der Waals surface area contributed by atoms with Crippen molar-refractivity contribution in [2.24, 2.45) is 5.10 Å². The van der Waals surface area contributed by atoms with Gasteiger partial charge >= 0.3 is 0 Å². The standard InChI is InChI=1S/C13H13ClN4O/c1-8-3-5-10(6-4-8)11-7-12(16-15-11)17-18-13(14)9(2)19/h3-7H,1-2H3,(H2,15,16,17)/b18-13-. The molecule has 0 amide bonds. The molecule has 0 aliphatic rings. The van der Waals surface area contributed by atoms with Gasteiger partial charge in [0.05, 0.1) is 5.69 Å². The number of rotatable bonds is 4. The summed E-state index contributed by atoms with van der Waals surface area (Å²) in [5, 5.41) is 10.5. The maximum Gasteiger partial charge on any atom is 0.192 e. The summed E-state index contributed by atoms with van der Waals surface area (Å²) in [6.07, 6.45) is 0. The number of hydrogen-bond acceptors (Lipinski definition) is 4. The Morgan fingerprint density at radius 1 is 1.37 bits per heavy atom. The lowest BCUT2D eigenvalue weighted by Crippen LogP contribution is -2.04. The van der Waals surface area contributed by atoms with Crippen LogP contribution in [-0.2, 0) is 4.79 Å². The Morgan fingerprint density at radius 3 is 2.68 bits per heavy atom. The second-order valence-electron chi connectivity index (χ2n) is 4.10. The van der Waals surface area contributed by atoms with E-state index in [0.717, 1.165) is 11.3 Å². The molecule has 0 spiro atoms. The molecule has 0 unspecified atom stereocenters. The van der Waals surface area contributed by atoms with Gasteiger partial charge in [-0.05, 0) is 12.5 Å². The number of aromatic nitrogens is 2. The Kier molecular flexibility index (Phi) is 3.97. The highest BCUT2D eigenvalue weighted by molar-refractivity contribution is 6.82. The molecule has 2 N–H and O–H groups in total. The number of anilines is 1. The number of hydrazone groups is 1. The number of ketones is 1. The van der Waals surface area contributed by atoms with Gasteiger partial charge in [-0.1, -0.05) is 41.4 Å². The van der Waals surface area contributed by atoms with E-state index in [1.165, 1.54) is 12.5 Å².